The highest BCUT2D eigenvalue weighted by molar-refractivity contribution is 6.22. The Morgan fingerprint density at radius 1 is 1.16 bits per heavy atom. The molecule has 19 heavy (non-hydrogen) atoms. The van der Waals surface area contributed by atoms with Crippen molar-refractivity contribution in [2.24, 2.45) is 0 Å². The predicted octanol–water partition coefficient (Wildman–Crippen LogP) is 4.66. The molecular weight excluding hydrogens is 260 g/mol. The van der Waals surface area contributed by atoms with Crippen LogP contribution in [-0.4, -0.2) is 18.6 Å². The first kappa shape index (κ1) is 14.3. The number of rotatable bonds is 5. The normalized spacial score (nSPS) is 18.9. The van der Waals surface area contributed by atoms with E-state index in [-0.39, 0.29) is 5.38 Å². The molecule has 0 amide bonds. The van der Waals surface area contributed by atoms with E-state index in [1.54, 1.807) is 0 Å². The van der Waals surface area contributed by atoms with Crippen LogP contribution in [0.25, 0.3) is 5.57 Å². The summed E-state index contributed by atoms with van der Waals surface area (Å²) in [5, 5.41) is 0.158. The van der Waals surface area contributed by atoms with Crippen molar-refractivity contribution in [2.75, 3.05) is 13.2 Å². The van der Waals surface area contributed by atoms with Crippen molar-refractivity contribution < 1.29 is 9.47 Å². The van der Waals surface area contributed by atoms with Gasteiger partial charge in [-0.3, -0.25) is 0 Å². The largest absolute Gasteiger partial charge is 0.490 e. The van der Waals surface area contributed by atoms with E-state index in [4.69, 9.17) is 21.1 Å². The molecule has 2 rings (SSSR count). The van der Waals surface area contributed by atoms with Crippen LogP contribution in [0.5, 0.6) is 11.5 Å². The maximum Gasteiger partial charge on any atom is 0.161 e. The molecule has 2 nitrogen and oxygen atoms in total. The molecule has 3 heteroatoms. The summed E-state index contributed by atoms with van der Waals surface area (Å²) < 4.78 is 11.2. The van der Waals surface area contributed by atoms with Crippen molar-refractivity contribution in [1.29, 1.82) is 0 Å². The zero-order chi connectivity index (χ0) is 13.7. The van der Waals surface area contributed by atoms with Gasteiger partial charge in [0.15, 0.2) is 11.5 Å². The summed E-state index contributed by atoms with van der Waals surface area (Å²) in [6.07, 6.45) is 5.47. The van der Waals surface area contributed by atoms with Gasteiger partial charge in [0, 0.05) is 0 Å². The molecule has 0 heterocycles. The Labute approximate surface area is 120 Å². The Bertz CT molecular complexity index is 454. The molecule has 0 aromatic heterocycles. The van der Waals surface area contributed by atoms with E-state index in [2.05, 4.69) is 18.2 Å². The number of allylic oxidation sites excluding steroid dienone is 2. The average molecular weight is 281 g/mol. The maximum absolute atomic E-state index is 6.21. The van der Waals surface area contributed by atoms with Crippen LogP contribution in [0.3, 0.4) is 0 Å². The molecule has 1 aromatic rings. The summed E-state index contributed by atoms with van der Waals surface area (Å²) in [4.78, 5) is 0. The predicted molar refractivity (Wildman–Crippen MR) is 80.2 cm³/mol. The number of ether oxygens (including phenoxy) is 2. The fourth-order valence-corrected chi connectivity index (χ4v) is 2.67. The lowest BCUT2D eigenvalue weighted by molar-refractivity contribution is 0.287. The molecule has 0 spiro atoms. The Balaban J connectivity index is 2.29. The van der Waals surface area contributed by atoms with E-state index >= 15 is 0 Å². The zero-order valence-electron chi connectivity index (χ0n) is 11.6. The van der Waals surface area contributed by atoms with Gasteiger partial charge in [-0.1, -0.05) is 12.1 Å². The quantitative estimate of drug-likeness (QED) is 0.731. The molecular formula is C16H21ClO2. The van der Waals surface area contributed by atoms with Gasteiger partial charge in [0.25, 0.3) is 0 Å². The van der Waals surface area contributed by atoms with Crippen LogP contribution in [0.15, 0.2) is 24.3 Å². The van der Waals surface area contributed by atoms with Gasteiger partial charge in [0.2, 0.25) is 0 Å². The highest BCUT2D eigenvalue weighted by atomic mass is 35.5. The maximum atomic E-state index is 6.21. The summed E-state index contributed by atoms with van der Waals surface area (Å²) in [7, 11) is 0. The Kier molecular flexibility index (Phi) is 5.15. The second-order valence-electron chi connectivity index (χ2n) is 4.63. The van der Waals surface area contributed by atoms with Crippen LogP contribution in [0, 0.1) is 0 Å². The van der Waals surface area contributed by atoms with Crippen LogP contribution >= 0.6 is 11.6 Å². The second kappa shape index (κ2) is 6.85. The molecule has 1 aliphatic rings. The monoisotopic (exact) mass is 280 g/mol. The zero-order valence-corrected chi connectivity index (χ0v) is 12.4. The molecule has 0 saturated heterocycles. The highest BCUT2D eigenvalue weighted by Crippen LogP contribution is 2.35. The molecule has 0 radical (unpaired) electrons. The Hall–Kier alpha value is -1.15. The number of hydrogen-bond acceptors (Lipinski definition) is 2. The van der Waals surface area contributed by atoms with Gasteiger partial charge >= 0.3 is 0 Å². The molecule has 0 saturated carbocycles. The van der Waals surface area contributed by atoms with Crippen molar-refractivity contribution in [3.8, 4) is 11.5 Å². The van der Waals surface area contributed by atoms with Gasteiger partial charge in [-0.05, 0) is 56.4 Å². The third kappa shape index (κ3) is 3.66. The number of hydrogen-bond donors (Lipinski definition) is 0. The molecule has 0 fully saturated rings. The van der Waals surface area contributed by atoms with E-state index < -0.39 is 0 Å². The fourth-order valence-electron chi connectivity index (χ4n) is 2.36. The summed E-state index contributed by atoms with van der Waals surface area (Å²) in [6.45, 7) is 5.25. The molecule has 1 aliphatic carbocycles. The van der Waals surface area contributed by atoms with E-state index in [9.17, 15) is 0 Å². The Morgan fingerprint density at radius 3 is 2.58 bits per heavy atom. The molecule has 0 bridgehead atoms. The SMILES string of the molecule is CCOc1ccc(C2=CC(Cl)CCC2)cc1OCC. The van der Waals surface area contributed by atoms with Gasteiger partial charge in [-0.25, -0.2) is 0 Å². The molecule has 1 aromatic carbocycles. The molecule has 104 valence electrons. The number of halogens is 1. The van der Waals surface area contributed by atoms with Gasteiger partial charge in [-0.15, -0.1) is 11.6 Å². The minimum absolute atomic E-state index is 0.158. The van der Waals surface area contributed by atoms with Crippen LogP contribution in [0.4, 0.5) is 0 Å². The number of alkyl halides is 1. The van der Waals surface area contributed by atoms with E-state index in [0.717, 1.165) is 30.8 Å². The smallest absolute Gasteiger partial charge is 0.161 e. The van der Waals surface area contributed by atoms with Gasteiger partial charge in [0.05, 0.1) is 18.6 Å². The lowest BCUT2D eigenvalue weighted by Gasteiger charge is -2.18. The van der Waals surface area contributed by atoms with Gasteiger partial charge in [-0.2, -0.15) is 0 Å². The van der Waals surface area contributed by atoms with Gasteiger partial charge in [0.1, 0.15) is 0 Å². The van der Waals surface area contributed by atoms with Crippen molar-refractivity contribution in [2.45, 2.75) is 38.5 Å². The van der Waals surface area contributed by atoms with Crippen LogP contribution in [0.2, 0.25) is 0 Å². The summed E-state index contributed by atoms with van der Waals surface area (Å²) in [5.74, 6) is 1.63. The fraction of sp³-hybridized carbons (Fsp3) is 0.500. The van der Waals surface area contributed by atoms with Crippen molar-refractivity contribution >= 4 is 17.2 Å². The molecule has 0 aliphatic heterocycles. The lowest BCUT2D eigenvalue weighted by atomic mass is 9.93. The van der Waals surface area contributed by atoms with Crippen molar-refractivity contribution in [3.63, 3.8) is 0 Å². The van der Waals surface area contributed by atoms with Crippen LogP contribution in [0.1, 0.15) is 38.7 Å². The molecule has 1 unspecified atom stereocenters. The third-order valence-corrected chi connectivity index (χ3v) is 3.57. The van der Waals surface area contributed by atoms with E-state index in [1.807, 2.05) is 19.9 Å². The third-order valence-electron chi connectivity index (χ3n) is 3.22. The highest BCUT2D eigenvalue weighted by Gasteiger charge is 2.14. The molecule has 0 N–H and O–H groups in total. The Morgan fingerprint density at radius 2 is 1.89 bits per heavy atom. The van der Waals surface area contributed by atoms with E-state index in [0.29, 0.717) is 13.2 Å². The van der Waals surface area contributed by atoms with Crippen molar-refractivity contribution in [3.05, 3.63) is 29.8 Å². The topological polar surface area (TPSA) is 18.5 Å². The second-order valence-corrected chi connectivity index (χ2v) is 5.19. The average Bonchev–Trinajstić information content (AvgIpc) is 2.41. The first-order chi connectivity index (χ1) is 9.24. The van der Waals surface area contributed by atoms with Gasteiger partial charge < -0.3 is 9.47 Å². The standard InChI is InChI=1S/C16H21ClO2/c1-3-18-15-9-8-13(11-16(15)19-4-2)12-6-5-7-14(17)10-12/h8-11,14H,3-7H2,1-2H3. The minimum Gasteiger partial charge on any atom is -0.490 e. The van der Waals surface area contributed by atoms with Crippen LogP contribution in [-0.2, 0) is 0 Å². The lowest BCUT2D eigenvalue weighted by Crippen LogP contribution is -2.04. The van der Waals surface area contributed by atoms with Crippen LogP contribution < -0.4 is 9.47 Å². The van der Waals surface area contributed by atoms with Crippen molar-refractivity contribution in [1.82, 2.24) is 0 Å². The minimum atomic E-state index is 0.158. The molecule has 1 atom stereocenters. The summed E-state index contributed by atoms with van der Waals surface area (Å²) >= 11 is 6.21. The summed E-state index contributed by atoms with van der Waals surface area (Å²) in [5.41, 5.74) is 2.51. The number of benzene rings is 1. The first-order valence-electron chi connectivity index (χ1n) is 6.99. The van der Waals surface area contributed by atoms with E-state index in [1.165, 1.54) is 11.1 Å². The first-order valence-corrected chi connectivity index (χ1v) is 7.43. The summed E-state index contributed by atoms with van der Waals surface area (Å²) in [6, 6.07) is 6.14.